The lowest BCUT2D eigenvalue weighted by molar-refractivity contribution is -0.144. The number of carbonyl (C=O) groups is 1. The number of nitrogens with one attached hydrogen (secondary N) is 1. The van der Waals surface area contributed by atoms with Crippen LogP contribution < -0.4 is 5.32 Å². The highest BCUT2D eigenvalue weighted by Crippen LogP contribution is 2.15. The van der Waals surface area contributed by atoms with Gasteiger partial charge in [0.2, 0.25) is 0 Å². The van der Waals surface area contributed by atoms with Gasteiger partial charge in [-0.3, -0.25) is 9.69 Å². The monoisotopic (exact) mass is 281 g/mol. The van der Waals surface area contributed by atoms with Gasteiger partial charge in [-0.05, 0) is 32.9 Å². The summed E-state index contributed by atoms with van der Waals surface area (Å²) in [6.45, 7) is 7.91. The SMILES string of the molecule is CCNC(C)(CCCN1CCn2cnnc2C1)C(=O)O. The summed E-state index contributed by atoms with van der Waals surface area (Å²) in [6.07, 6.45) is 3.24. The molecule has 2 heterocycles. The first kappa shape index (κ1) is 14.9. The standard InChI is InChI=1S/C13H23N5O2/c1-3-14-13(2,12(19)20)5-4-6-17-7-8-18-10-15-16-11(18)9-17/h10,14H,3-9H2,1-2H3,(H,19,20). The highest BCUT2D eigenvalue weighted by molar-refractivity contribution is 5.78. The Bertz CT molecular complexity index is 461. The van der Waals surface area contributed by atoms with Crippen LogP contribution in [0.15, 0.2) is 6.33 Å². The maximum atomic E-state index is 11.3. The lowest BCUT2D eigenvalue weighted by atomic mass is 9.95. The maximum Gasteiger partial charge on any atom is 0.323 e. The molecule has 0 aromatic carbocycles. The van der Waals surface area contributed by atoms with Crippen LogP contribution in [0.2, 0.25) is 0 Å². The fraction of sp³-hybridized carbons (Fsp3) is 0.769. The number of nitrogens with zero attached hydrogens (tertiary/aromatic N) is 4. The van der Waals surface area contributed by atoms with Gasteiger partial charge in [0, 0.05) is 13.1 Å². The molecule has 2 N–H and O–H groups in total. The van der Waals surface area contributed by atoms with Gasteiger partial charge in [-0.2, -0.15) is 0 Å². The van der Waals surface area contributed by atoms with Crippen molar-refractivity contribution in [1.82, 2.24) is 25.0 Å². The predicted molar refractivity (Wildman–Crippen MR) is 74.3 cm³/mol. The molecule has 0 radical (unpaired) electrons. The molecule has 0 aliphatic carbocycles. The number of carboxylic acids is 1. The number of hydrogen-bond acceptors (Lipinski definition) is 5. The van der Waals surface area contributed by atoms with Gasteiger partial charge in [0.05, 0.1) is 6.54 Å². The third-order valence-electron chi connectivity index (χ3n) is 3.91. The molecular weight excluding hydrogens is 258 g/mol. The van der Waals surface area contributed by atoms with Gasteiger partial charge in [0.25, 0.3) is 0 Å². The first-order valence-corrected chi connectivity index (χ1v) is 7.12. The minimum Gasteiger partial charge on any atom is -0.480 e. The minimum atomic E-state index is -0.829. The lowest BCUT2D eigenvalue weighted by Gasteiger charge is -2.29. The zero-order chi connectivity index (χ0) is 14.6. The maximum absolute atomic E-state index is 11.3. The van der Waals surface area contributed by atoms with E-state index >= 15 is 0 Å². The van der Waals surface area contributed by atoms with Crippen molar-refractivity contribution in [2.45, 2.75) is 45.3 Å². The zero-order valence-corrected chi connectivity index (χ0v) is 12.2. The summed E-state index contributed by atoms with van der Waals surface area (Å²) in [5.41, 5.74) is -0.829. The van der Waals surface area contributed by atoms with Gasteiger partial charge in [-0.25, -0.2) is 0 Å². The quantitative estimate of drug-likeness (QED) is 0.749. The number of aromatic nitrogens is 3. The van der Waals surface area contributed by atoms with Crippen molar-refractivity contribution in [3.05, 3.63) is 12.2 Å². The van der Waals surface area contributed by atoms with E-state index in [2.05, 4.69) is 25.0 Å². The van der Waals surface area contributed by atoms with Crippen LogP contribution in [0.3, 0.4) is 0 Å². The zero-order valence-electron chi connectivity index (χ0n) is 12.2. The highest BCUT2D eigenvalue weighted by Gasteiger charge is 2.31. The van der Waals surface area contributed by atoms with Crippen LogP contribution in [0.5, 0.6) is 0 Å². The normalized spacial score (nSPS) is 18.5. The molecular formula is C13H23N5O2. The fourth-order valence-corrected chi connectivity index (χ4v) is 2.62. The topological polar surface area (TPSA) is 83.3 Å². The van der Waals surface area contributed by atoms with Gasteiger partial charge in [0.15, 0.2) is 0 Å². The molecule has 1 aliphatic rings. The molecule has 112 valence electrons. The Morgan fingerprint density at radius 2 is 2.35 bits per heavy atom. The summed E-state index contributed by atoms with van der Waals surface area (Å²) in [5, 5.41) is 20.4. The van der Waals surface area contributed by atoms with E-state index in [4.69, 9.17) is 0 Å². The fourth-order valence-electron chi connectivity index (χ4n) is 2.62. The number of fused-ring (bicyclic) bond motifs is 1. The van der Waals surface area contributed by atoms with Crippen molar-refractivity contribution in [2.24, 2.45) is 0 Å². The molecule has 20 heavy (non-hydrogen) atoms. The van der Waals surface area contributed by atoms with Crippen LogP contribution >= 0.6 is 0 Å². The van der Waals surface area contributed by atoms with Crippen molar-refractivity contribution in [2.75, 3.05) is 19.6 Å². The summed E-state index contributed by atoms with van der Waals surface area (Å²) in [7, 11) is 0. The number of hydrogen-bond donors (Lipinski definition) is 2. The third kappa shape index (κ3) is 3.34. The molecule has 1 aromatic heterocycles. The summed E-state index contributed by atoms with van der Waals surface area (Å²) in [6, 6.07) is 0. The van der Waals surface area contributed by atoms with E-state index in [-0.39, 0.29) is 0 Å². The van der Waals surface area contributed by atoms with E-state index in [0.717, 1.165) is 38.4 Å². The van der Waals surface area contributed by atoms with E-state index in [1.54, 1.807) is 13.3 Å². The Morgan fingerprint density at radius 1 is 1.55 bits per heavy atom. The predicted octanol–water partition coefficient (Wildman–Crippen LogP) is 0.327. The van der Waals surface area contributed by atoms with Crippen LogP contribution in [0.4, 0.5) is 0 Å². The average Bonchev–Trinajstić information content (AvgIpc) is 2.86. The molecule has 0 spiro atoms. The molecule has 1 aromatic rings. The number of carboxylic acid groups (broad SMARTS) is 1. The molecule has 0 fully saturated rings. The second-order valence-corrected chi connectivity index (χ2v) is 5.49. The Hall–Kier alpha value is -1.47. The number of likely N-dealkylation sites (N-methyl/N-ethyl adjacent to an activating group) is 1. The Morgan fingerprint density at radius 3 is 3.05 bits per heavy atom. The van der Waals surface area contributed by atoms with E-state index in [1.165, 1.54) is 0 Å². The largest absolute Gasteiger partial charge is 0.480 e. The van der Waals surface area contributed by atoms with Crippen molar-refractivity contribution >= 4 is 5.97 Å². The Balaban J connectivity index is 1.80. The highest BCUT2D eigenvalue weighted by atomic mass is 16.4. The van der Waals surface area contributed by atoms with Gasteiger partial charge in [-0.15, -0.1) is 10.2 Å². The summed E-state index contributed by atoms with van der Waals surface area (Å²) >= 11 is 0. The second-order valence-electron chi connectivity index (χ2n) is 5.49. The summed E-state index contributed by atoms with van der Waals surface area (Å²) in [5.74, 6) is 0.210. The Kier molecular flexibility index (Phi) is 4.72. The molecule has 1 unspecified atom stereocenters. The molecule has 0 amide bonds. The lowest BCUT2D eigenvalue weighted by Crippen LogP contribution is -2.49. The van der Waals surface area contributed by atoms with Gasteiger partial charge < -0.3 is 15.0 Å². The van der Waals surface area contributed by atoms with Crippen LogP contribution in [0.25, 0.3) is 0 Å². The smallest absolute Gasteiger partial charge is 0.323 e. The molecule has 7 nitrogen and oxygen atoms in total. The molecule has 7 heteroatoms. The number of rotatable bonds is 7. The van der Waals surface area contributed by atoms with Gasteiger partial charge in [0.1, 0.15) is 17.7 Å². The van der Waals surface area contributed by atoms with Crippen molar-refractivity contribution in [1.29, 1.82) is 0 Å². The molecule has 0 bridgehead atoms. The average molecular weight is 281 g/mol. The van der Waals surface area contributed by atoms with E-state index in [9.17, 15) is 9.90 Å². The first-order valence-electron chi connectivity index (χ1n) is 7.12. The Labute approximate surface area is 119 Å². The number of aliphatic carboxylic acids is 1. The third-order valence-corrected chi connectivity index (χ3v) is 3.91. The molecule has 0 saturated carbocycles. The van der Waals surface area contributed by atoms with E-state index < -0.39 is 11.5 Å². The van der Waals surface area contributed by atoms with E-state index in [1.807, 2.05) is 6.92 Å². The molecule has 1 atom stereocenters. The summed E-state index contributed by atoms with van der Waals surface area (Å²) < 4.78 is 2.07. The molecule has 2 rings (SSSR count). The van der Waals surface area contributed by atoms with Crippen LogP contribution in [-0.2, 0) is 17.9 Å². The van der Waals surface area contributed by atoms with Crippen LogP contribution in [-0.4, -0.2) is 55.9 Å². The molecule has 0 saturated heterocycles. The minimum absolute atomic E-state index is 0.624. The van der Waals surface area contributed by atoms with Crippen molar-refractivity contribution in [3.63, 3.8) is 0 Å². The van der Waals surface area contributed by atoms with Crippen molar-refractivity contribution in [3.8, 4) is 0 Å². The van der Waals surface area contributed by atoms with Crippen LogP contribution in [0.1, 0.15) is 32.5 Å². The van der Waals surface area contributed by atoms with Crippen LogP contribution in [0, 0.1) is 0 Å². The van der Waals surface area contributed by atoms with Gasteiger partial charge in [-0.1, -0.05) is 6.92 Å². The molecule has 1 aliphatic heterocycles. The summed E-state index contributed by atoms with van der Waals surface area (Å²) in [4.78, 5) is 13.6. The second kappa shape index (κ2) is 6.32. The first-order chi connectivity index (χ1) is 9.55. The van der Waals surface area contributed by atoms with E-state index in [0.29, 0.717) is 13.0 Å². The van der Waals surface area contributed by atoms with Gasteiger partial charge >= 0.3 is 5.97 Å². The van der Waals surface area contributed by atoms with Crippen molar-refractivity contribution < 1.29 is 9.90 Å².